The first kappa shape index (κ1) is 16.7. The molecule has 2 N–H and O–H groups in total. The molecule has 0 radical (unpaired) electrons. The van der Waals surface area contributed by atoms with Crippen LogP contribution in [-0.2, 0) is 18.3 Å². The van der Waals surface area contributed by atoms with E-state index in [9.17, 15) is 4.79 Å². The van der Waals surface area contributed by atoms with Gasteiger partial charge in [-0.1, -0.05) is 0 Å². The molecule has 0 unspecified atom stereocenters. The van der Waals surface area contributed by atoms with Gasteiger partial charge in [0.15, 0.2) is 0 Å². The molecule has 27 heavy (non-hydrogen) atoms. The molecule has 0 saturated heterocycles. The first-order valence-electron chi connectivity index (χ1n) is 8.43. The van der Waals surface area contributed by atoms with Gasteiger partial charge in [0.25, 0.3) is 0 Å². The lowest BCUT2D eigenvalue weighted by atomic mass is 10.1. The van der Waals surface area contributed by atoms with Gasteiger partial charge in [0, 0.05) is 12.4 Å². The second-order valence-corrected chi connectivity index (χ2v) is 6.44. The maximum absolute atomic E-state index is 12.5. The number of carbonyl (C=O) groups is 1. The van der Waals surface area contributed by atoms with E-state index in [1.54, 1.807) is 29.1 Å². The molecule has 0 saturated carbocycles. The number of aromatic amines is 1. The van der Waals surface area contributed by atoms with Gasteiger partial charge >= 0.3 is 0 Å². The van der Waals surface area contributed by atoms with E-state index in [2.05, 4.69) is 31.4 Å². The number of rotatable bonds is 3. The molecule has 134 valence electrons. The summed E-state index contributed by atoms with van der Waals surface area (Å²) in [6.07, 6.45) is 1.79. The number of anilines is 1. The number of hydrogen-bond donors (Lipinski definition) is 2. The van der Waals surface area contributed by atoms with Crippen LogP contribution in [0.5, 0.6) is 0 Å². The molecule has 0 atom stereocenters. The molecule has 0 fully saturated rings. The van der Waals surface area contributed by atoms with Crippen molar-refractivity contribution in [3.8, 4) is 6.07 Å². The van der Waals surface area contributed by atoms with Crippen molar-refractivity contribution in [2.75, 3.05) is 5.32 Å². The summed E-state index contributed by atoms with van der Waals surface area (Å²) in [5.74, 6) is 0.363. The van der Waals surface area contributed by atoms with Crippen LogP contribution in [0.25, 0.3) is 21.9 Å². The highest BCUT2D eigenvalue weighted by Crippen LogP contribution is 2.23. The van der Waals surface area contributed by atoms with E-state index in [0.29, 0.717) is 16.9 Å². The van der Waals surface area contributed by atoms with Crippen LogP contribution in [0.15, 0.2) is 24.4 Å². The molecule has 4 aromatic rings. The fourth-order valence-corrected chi connectivity index (χ4v) is 3.15. The number of aromatic nitrogens is 5. The van der Waals surface area contributed by atoms with Gasteiger partial charge in [0.1, 0.15) is 5.82 Å². The molecule has 0 aliphatic rings. The zero-order chi connectivity index (χ0) is 19.1. The van der Waals surface area contributed by atoms with Gasteiger partial charge in [-0.25, -0.2) is 4.98 Å². The Balaban J connectivity index is 1.65. The van der Waals surface area contributed by atoms with Gasteiger partial charge in [-0.15, -0.1) is 0 Å². The number of nitrogens with one attached hydrogen (secondary N) is 2. The van der Waals surface area contributed by atoms with Crippen molar-refractivity contribution in [3.63, 3.8) is 0 Å². The zero-order valence-corrected chi connectivity index (χ0v) is 15.2. The summed E-state index contributed by atoms with van der Waals surface area (Å²) in [4.78, 5) is 24.5. The minimum atomic E-state index is -0.178. The lowest BCUT2D eigenvalue weighted by Crippen LogP contribution is -2.16. The van der Waals surface area contributed by atoms with Gasteiger partial charge in [-0.3, -0.25) is 14.5 Å². The Bertz CT molecular complexity index is 1240. The van der Waals surface area contributed by atoms with E-state index in [1.165, 1.54) is 0 Å². The highest BCUT2D eigenvalue weighted by molar-refractivity contribution is 6.02. The van der Waals surface area contributed by atoms with E-state index in [0.717, 1.165) is 33.5 Å². The molecule has 4 rings (SSSR count). The molecule has 0 aliphatic heterocycles. The standard InChI is InChI=1S/C19H17N7O/c1-10-18(11(2)26(3)25-10)24-17(27)7-16-22-15-9-21-14-5-4-12(8-20)6-13(14)19(15)23-16/h4-6,9H,7H2,1-3H3,(H,22,23)(H,24,27). The van der Waals surface area contributed by atoms with Gasteiger partial charge < -0.3 is 10.3 Å². The van der Waals surface area contributed by atoms with Crippen molar-refractivity contribution in [2.45, 2.75) is 20.3 Å². The van der Waals surface area contributed by atoms with Crippen LogP contribution in [0.1, 0.15) is 22.8 Å². The Morgan fingerprint density at radius 2 is 2.19 bits per heavy atom. The Labute approximate surface area is 154 Å². The van der Waals surface area contributed by atoms with E-state index in [1.807, 2.05) is 20.9 Å². The van der Waals surface area contributed by atoms with Crippen LogP contribution in [0, 0.1) is 25.2 Å². The Hall–Kier alpha value is -3.73. The predicted octanol–water partition coefficient (Wildman–Crippen LogP) is 2.51. The molecule has 0 bridgehead atoms. The number of carbonyl (C=O) groups excluding carboxylic acids is 1. The summed E-state index contributed by atoms with van der Waals surface area (Å²) in [7, 11) is 1.84. The van der Waals surface area contributed by atoms with Crippen molar-refractivity contribution < 1.29 is 4.79 Å². The van der Waals surface area contributed by atoms with Crippen LogP contribution in [0.3, 0.4) is 0 Å². The number of nitriles is 1. The molecule has 0 spiro atoms. The maximum Gasteiger partial charge on any atom is 0.232 e. The quantitative estimate of drug-likeness (QED) is 0.584. The number of H-pyrrole nitrogens is 1. The lowest BCUT2D eigenvalue weighted by molar-refractivity contribution is -0.115. The Morgan fingerprint density at radius 3 is 2.89 bits per heavy atom. The number of benzene rings is 1. The van der Waals surface area contributed by atoms with Crippen molar-refractivity contribution in [1.29, 1.82) is 5.26 Å². The van der Waals surface area contributed by atoms with E-state index in [-0.39, 0.29) is 12.3 Å². The van der Waals surface area contributed by atoms with Crippen LogP contribution in [0.2, 0.25) is 0 Å². The van der Waals surface area contributed by atoms with Crippen LogP contribution in [-0.4, -0.2) is 30.6 Å². The molecular weight excluding hydrogens is 342 g/mol. The number of nitrogens with zero attached hydrogens (tertiary/aromatic N) is 5. The number of pyridine rings is 1. The SMILES string of the molecule is Cc1nn(C)c(C)c1NC(=O)Cc1nc2c(cnc3ccc(C#N)cc32)[nH]1. The topological polar surface area (TPSA) is 112 Å². The number of hydrogen-bond acceptors (Lipinski definition) is 5. The molecule has 1 aromatic carbocycles. The van der Waals surface area contributed by atoms with Crippen LogP contribution < -0.4 is 5.32 Å². The first-order chi connectivity index (χ1) is 13.0. The first-order valence-corrected chi connectivity index (χ1v) is 8.43. The highest BCUT2D eigenvalue weighted by Gasteiger charge is 2.15. The van der Waals surface area contributed by atoms with Gasteiger partial charge in [-0.05, 0) is 32.0 Å². The third-order valence-electron chi connectivity index (χ3n) is 4.60. The summed E-state index contributed by atoms with van der Waals surface area (Å²) in [6, 6.07) is 7.40. The third kappa shape index (κ3) is 2.89. The molecule has 8 heteroatoms. The lowest BCUT2D eigenvalue weighted by Gasteiger charge is -2.04. The minimum Gasteiger partial charge on any atom is -0.340 e. The van der Waals surface area contributed by atoms with Gasteiger partial charge in [0.2, 0.25) is 5.91 Å². The maximum atomic E-state index is 12.5. The smallest absolute Gasteiger partial charge is 0.232 e. The largest absolute Gasteiger partial charge is 0.340 e. The van der Waals surface area contributed by atoms with Crippen molar-refractivity contribution in [1.82, 2.24) is 24.7 Å². The monoisotopic (exact) mass is 359 g/mol. The van der Waals surface area contributed by atoms with Gasteiger partial charge in [0.05, 0.1) is 57.9 Å². The molecule has 8 nitrogen and oxygen atoms in total. The van der Waals surface area contributed by atoms with E-state index in [4.69, 9.17) is 5.26 Å². The number of aryl methyl sites for hydroxylation is 2. The highest BCUT2D eigenvalue weighted by atomic mass is 16.1. The normalized spacial score (nSPS) is 11.0. The number of imidazole rings is 1. The Kier molecular flexibility index (Phi) is 3.85. The minimum absolute atomic E-state index is 0.0991. The average Bonchev–Trinajstić information content (AvgIpc) is 3.17. The predicted molar refractivity (Wildman–Crippen MR) is 101 cm³/mol. The molecule has 3 heterocycles. The van der Waals surface area contributed by atoms with E-state index >= 15 is 0 Å². The summed E-state index contributed by atoms with van der Waals surface area (Å²) < 4.78 is 1.73. The van der Waals surface area contributed by atoms with Crippen molar-refractivity contribution in [3.05, 3.63) is 47.2 Å². The fourth-order valence-electron chi connectivity index (χ4n) is 3.15. The van der Waals surface area contributed by atoms with Crippen molar-refractivity contribution >= 4 is 33.5 Å². The van der Waals surface area contributed by atoms with Crippen LogP contribution in [0.4, 0.5) is 5.69 Å². The number of amides is 1. The summed E-state index contributed by atoms with van der Waals surface area (Å²) in [6.45, 7) is 3.76. The second kappa shape index (κ2) is 6.21. The summed E-state index contributed by atoms with van der Waals surface area (Å²) in [5, 5.41) is 17.1. The second-order valence-electron chi connectivity index (χ2n) is 6.44. The molecular formula is C19H17N7O. The average molecular weight is 359 g/mol. The fraction of sp³-hybridized carbons (Fsp3) is 0.211. The van der Waals surface area contributed by atoms with Crippen LogP contribution >= 0.6 is 0 Å². The van der Waals surface area contributed by atoms with Gasteiger partial charge in [-0.2, -0.15) is 10.4 Å². The Morgan fingerprint density at radius 1 is 1.37 bits per heavy atom. The molecule has 1 amide bonds. The number of fused-ring (bicyclic) bond motifs is 3. The third-order valence-corrected chi connectivity index (χ3v) is 4.60. The molecule has 3 aromatic heterocycles. The summed E-state index contributed by atoms with van der Waals surface area (Å²) >= 11 is 0. The summed E-state index contributed by atoms with van der Waals surface area (Å²) in [5.41, 5.74) is 5.12. The zero-order valence-electron chi connectivity index (χ0n) is 15.2. The van der Waals surface area contributed by atoms with E-state index < -0.39 is 0 Å². The van der Waals surface area contributed by atoms with Crippen molar-refractivity contribution in [2.24, 2.45) is 7.05 Å². The molecule has 0 aliphatic carbocycles.